The first kappa shape index (κ1) is 15.8. The fourth-order valence-corrected chi connectivity index (χ4v) is 2.88. The van der Waals surface area contributed by atoms with Crippen molar-refractivity contribution in [1.29, 1.82) is 0 Å². The minimum Gasteiger partial charge on any atom is -0.353 e. The Bertz CT molecular complexity index is 302. The van der Waals surface area contributed by atoms with E-state index in [4.69, 9.17) is 0 Å². The summed E-state index contributed by atoms with van der Waals surface area (Å²) in [6.45, 7) is 9.99. The van der Waals surface area contributed by atoms with E-state index in [9.17, 15) is 4.79 Å². The highest BCUT2D eigenvalue weighted by molar-refractivity contribution is 5.76. The van der Waals surface area contributed by atoms with Gasteiger partial charge in [0.1, 0.15) is 0 Å². The molecule has 1 saturated carbocycles. The summed E-state index contributed by atoms with van der Waals surface area (Å²) < 4.78 is 0. The first-order valence-electron chi connectivity index (χ1n) is 8.36. The van der Waals surface area contributed by atoms with Gasteiger partial charge in [-0.1, -0.05) is 13.8 Å². The smallest absolute Gasteiger partial charge is 0.221 e. The average molecular weight is 281 g/mol. The van der Waals surface area contributed by atoms with Crippen molar-refractivity contribution in [2.24, 2.45) is 11.8 Å². The number of hydrogen-bond acceptors (Lipinski definition) is 3. The number of rotatable bonds is 8. The average Bonchev–Trinajstić information content (AvgIpc) is 3.20. The summed E-state index contributed by atoms with van der Waals surface area (Å²) in [5, 5.41) is 6.64. The van der Waals surface area contributed by atoms with Gasteiger partial charge in [-0.25, -0.2) is 0 Å². The minimum absolute atomic E-state index is 0.243. The largest absolute Gasteiger partial charge is 0.353 e. The molecule has 1 aliphatic heterocycles. The van der Waals surface area contributed by atoms with Crippen LogP contribution in [0.25, 0.3) is 0 Å². The number of hydrogen-bond donors (Lipinski definition) is 2. The second kappa shape index (κ2) is 7.99. The highest BCUT2D eigenvalue weighted by atomic mass is 16.1. The highest BCUT2D eigenvalue weighted by Crippen LogP contribution is 2.19. The number of amides is 1. The van der Waals surface area contributed by atoms with E-state index in [1.807, 2.05) is 0 Å². The third-order valence-electron chi connectivity index (χ3n) is 4.19. The van der Waals surface area contributed by atoms with Gasteiger partial charge in [0.25, 0.3) is 0 Å². The summed E-state index contributed by atoms with van der Waals surface area (Å²) >= 11 is 0. The Morgan fingerprint density at radius 3 is 2.80 bits per heavy atom. The standard InChI is InChI=1S/C16H31N3O/c1-13(2)10-17-11-14-4-3-8-19(12-14)9-7-16(20)18-15-5-6-15/h13-15,17H,3-12H2,1-2H3,(H,18,20). The monoisotopic (exact) mass is 281 g/mol. The Hall–Kier alpha value is -0.610. The van der Waals surface area contributed by atoms with Gasteiger partial charge in [0.05, 0.1) is 0 Å². The Labute approximate surface area is 123 Å². The molecule has 4 nitrogen and oxygen atoms in total. The molecule has 20 heavy (non-hydrogen) atoms. The van der Waals surface area contributed by atoms with Crippen molar-refractivity contribution in [2.75, 3.05) is 32.7 Å². The second-order valence-corrected chi connectivity index (χ2v) is 6.95. The number of likely N-dealkylation sites (tertiary alicyclic amines) is 1. The molecular formula is C16H31N3O. The summed E-state index contributed by atoms with van der Waals surface area (Å²) in [7, 11) is 0. The molecular weight excluding hydrogens is 250 g/mol. The molecule has 1 aliphatic carbocycles. The van der Waals surface area contributed by atoms with Gasteiger partial charge in [-0.15, -0.1) is 0 Å². The minimum atomic E-state index is 0.243. The van der Waals surface area contributed by atoms with Crippen LogP contribution in [0, 0.1) is 11.8 Å². The molecule has 1 atom stereocenters. The molecule has 2 aliphatic rings. The Balaban J connectivity index is 1.58. The van der Waals surface area contributed by atoms with E-state index < -0.39 is 0 Å². The third-order valence-corrected chi connectivity index (χ3v) is 4.19. The van der Waals surface area contributed by atoms with E-state index in [1.54, 1.807) is 0 Å². The number of carbonyl (C=O) groups is 1. The number of carbonyl (C=O) groups excluding carboxylic acids is 1. The predicted octanol–water partition coefficient (Wildman–Crippen LogP) is 1.61. The van der Waals surface area contributed by atoms with Crippen LogP contribution in [-0.4, -0.2) is 49.6 Å². The Morgan fingerprint density at radius 2 is 2.10 bits per heavy atom. The molecule has 0 bridgehead atoms. The molecule has 0 spiro atoms. The third kappa shape index (κ3) is 6.23. The van der Waals surface area contributed by atoms with Crippen LogP contribution in [0.15, 0.2) is 0 Å². The number of nitrogens with one attached hydrogen (secondary N) is 2. The molecule has 4 heteroatoms. The van der Waals surface area contributed by atoms with E-state index in [0.717, 1.165) is 44.6 Å². The Kier molecular flexibility index (Phi) is 6.30. The molecule has 1 unspecified atom stereocenters. The fourth-order valence-electron chi connectivity index (χ4n) is 2.88. The molecule has 0 aromatic heterocycles. The summed E-state index contributed by atoms with van der Waals surface area (Å²) in [6, 6.07) is 0.497. The maximum atomic E-state index is 11.7. The summed E-state index contributed by atoms with van der Waals surface area (Å²) in [5.41, 5.74) is 0. The van der Waals surface area contributed by atoms with Crippen LogP contribution in [0.1, 0.15) is 46.0 Å². The Morgan fingerprint density at radius 1 is 1.30 bits per heavy atom. The van der Waals surface area contributed by atoms with Gasteiger partial charge in [-0.05, 0) is 57.2 Å². The quantitative estimate of drug-likeness (QED) is 0.710. The van der Waals surface area contributed by atoms with Crippen molar-refractivity contribution >= 4 is 5.91 Å². The number of nitrogens with zero attached hydrogens (tertiary/aromatic N) is 1. The van der Waals surface area contributed by atoms with Crippen LogP contribution in [0.4, 0.5) is 0 Å². The van der Waals surface area contributed by atoms with Crippen molar-refractivity contribution in [3.63, 3.8) is 0 Å². The van der Waals surface area contributed by atoms with Gasteiger partial charge in [0.2, 0.25) is 5.91 Å². The zero-order valence-corrected chi connectivity index (χ0v) is 13.2. The van der Waals surface area contributed by atoms with E-state index in [0.29, 0.717) is 12.5 Å². The maximum absolute atomic E-state index is 11.7. The lowest BCUT2D eigenvalue weighted by atomic mass is 9.97. The summed E-state index contributed by atoms with van der Waals surface area (Å²) in [5.74, 6) is 1.72. The molecule has 0 aromatic carbocycles. The van der Waals surface area contributed by atoms with Crippen LogP contribution < -0.4 is 10.6 Å². The fraction of sp³-hybridized carbons (Fsp3) is 0.938. The van der Waals surface area contributed by atoms with Crippen molar-refractivity contribution in [1.82, 2.24) is 15.5 Å². The van der Waals surface area contributed by atoms with Gasteiger partial charge in [0, 0.05) is 25.6 Å². The second-order valence-electron chi connectivity index (χ2n) is 6.95. The van der Waals surface area contributed by atoms with Crippen molar-refractivity contribution in [3.8, 4) is 0 Å². The van der Waals surface area contributed by atoms with Gasteiger partial charge < -0.3 is 15.5 Å². The van der Waals surface area contributed by atoms with Crippen LogP contribution in [0.3, 0.4) is 0 Å². The normalized spacial score (nSPS) is 24.1. The van der Waals surface area contributed by atoms with Crippen LogP contribution in [-0.2, 0) is 4.79 Å². The van der Waals surface area contributed by atoms with E-state index in [-0.39, 0.29) is 5.91 Å². The van der Waals surface area contributed by atoms with Gasteiger partial charge in [0.15, 0.2) is 0 Å². The lowest BCUT2D eigenvalue weighted by Crippen LogP contribution is -2.41. The van der Waals surface area contributed by atoms with Crippen molar-refractivity contribution in [2.45, 2.75) is 52.0 Å². The number of piperidine rings is 1. The van der Waals surface area contributed by atoms with Crippen LogP contribution in [0.5, 0.6) is 0 Å². The molecule has 0 radical (unpaired) electrons. The lowest BCUT2D eigenvalue weighted by Gasteiger charge is -2.32. The highest BCUT2D eigenvalue weighted by Gasteiger charge is 2.24. The van der Waals surface area contributed by atoms with Crippen LogP contribution in [0.2, 0.25) is 0 Å². The molecule has 0 aromatic rings. The topological polar surface area (TPSA) is 44.4 Å². The van der Waals surface area contributed by atoms with E-state index >= 15 is 0 Å². The molecule has 1 saturated heterocycles. The van der Waals surface area contributed by atoms with Gasteiger partial charge in [-0.2, -0.15) is 0 Å². The van der Waals surface area contributed by atoms with Crippen molar-refractivity contribution in [3.05, 3.63) is 0 Å². The molecule has 2 fully saturated rings. The molecule has 116 valence electrons. The summed E-state index contributed by atoms with van der Waals surface area (Å²) in [6.07, 6.45) is 5.63. The maximum Gasteiger partial charge on any atom is 0.221 e. The first-order chi connectivity index (χ1) is 9.63. The van der Waals surface area contributed by atoms with Gasteiger partial charge in [-0.3, -0.25) is 4.79 Å². The zero-order chi connectivity index (χ0) is 14.4. The van der Waals surface area contributed by atoms with E-state index in [1.165, 1.54) is 25.7 Å². The predicted molar refractivity (Wildman–Crippen MR) is 82.7 cm³/mol. The molecule has 1 heterocycles. The van der Waals surface area contributed by atoms with Crippen LogP contribution >= 0.6 is 0 Å². The van der Waals surface area contributed by atoms with Gasteiger partial charge >= 0.3 is 0 Å². The molecule has 1 amide bonds. The zero-order valence-electron chi connectivity index (χ0n) is 13.2. The van der Waals surface area contributed by atoms with E-state index in [2.05, 4.69) is 29.4 Å². The summed E-state index contributed by atoms with van der Waals surface area (Å²) in [4.78, 5) is 14.2. The first-order valence-corrected chi connectivity index (χ1v) is 8.36. The van der Waals surface area contributed by atoms with Crippen molar-refractivity contribution < 1.29 is 4.79 Å². The molecule has 2 rings (SSSR count). The molecule has 2 N–H and O–H groups in total. The lowest BCUT2D eigenvalue weighted by molar-refractivity contribution is -0.121. The SMILES string of the molecule is CC(C)CNCC1CCCN(CCC(=O)NC2CC2)C1.